The maximum Gasteiger partial charge on any atom is 2.00 e. The van der Waals surface area contributed by atoms with E-state index in [-0.39, 0.29) is 67.3 Å². The summed E-state index contributed by atoms with van der Waals surface area (Å²) in [5.41, 5.74) is 6.51. The molecule has 1 unspecified atom stereocenters. The van der Waals surface area contributed by atoms with Gasteiger partial charge in [0.25, 0.3) is 11.5 Å². The fourth-order valence-electron chi connectivity index (χ4n) is 3.41. The summed E-state index contributed by atoms with van der Waals surface area (Å²) < 4.78 is 0. The molecule has 13 nitrogen and oxygen atoms in total. The Balaban J connectivity index is 0.00000408. The molecule has 34 heavy (non-hydrogen) atoms. The molecule has 0 spiro atoms. The number of aromatic amines is 1. The predicted octanol–water partition coefficient (Wildman–Crippen LogP) is -3.31. The standard InChI is InChI=1S/C20H25N7O6.Ca/c1-27-12(9-23-16-15(27)18(31)26-20(21)25-16)8-22-11-4-2-10(3-5-11)17(30)24-13(19(32)33)6-7-14(28)29;/h2-5,12-13,22H,6-9H2,1H3,(H,24,30)(H,28,29)(H,32,33)(H4,21,23,25,26,31);/q;+2/p-2/t12?,13-;/m0./s1/i6+1,7+1,13+1,14+1,19+1;. The van der Waals surface area contributed by atoms with Crippen molar-refractivity contribution in [2.45, 2.75) is 24.9 Å². The van der Waals surface area contributed by atoms with E-state index in [1.54, 1.807) is 24.1 Å². The van der Waals surface area contributed by atoms with E-state index in [1.165, 1.54) is 12.1 Å². The molecular weight excluding hydrogens is 479 g/mol. The topological polar surface area (TPSA) is 208 Å². The molecule has 14 heteroatoms. The first-order chi connectivity index (χ1) is 15.7. The number of nitrogens with one attached hydrogen (secondary N) is 4. The second kappa shape index (κ2) is 11.9. The Morgan fingerprint density at radius 3 is 2.56 bits per heavy atom. The zero-order valence-electron chi connectivity index (χ0n) is 18.4. The number of benzene rings is 1. The maximum atomic E-state index is 12.3. The molecule has 2 aromatic rings. The molecule has 3 rings (SSSR count). The average molecular weight is 502 g/mol. The molecule has 2 atom stereocenters. The van der Waals surface area contributed by atoms with Crippen LogP contribution in [0.4, 0.5) is 23.1 Å². The summed E-state index contributed by atoms with van der Waals surface area (Å²) in [4.78, 5) is 54.5. The fraction of sp³-hybridized carbons (Fsp3) is 0.350. The van der Waals surface area contributed by atoms with Crippen molar-refractivity contribution in [1.29, 1.82) is 0 Å². The largest absolute Gasteiger partial charge is 2.00 e. The molecule has 0 saturated heterocycles. The summed E-state index contributed by atoms with van der Waals surface area (Å²) >= 11 is 0. The normalized spacial score (nSPS) is 15.2. The molecule has 0 saturated carbocycles. The van der Waals surface area contributed by atoms with Crippen molar-refractivity contribution < 1.29 is 24.6 Å². The van der Waals surface area contributed by atoms with Gasteiger partial charge in [-0.05, 0) is 37.1 Å². The summed E-state index contributed by atoms with van der Waals surface area (Å²) in [5, 5.41) is 30.2. The van der Waals surface area contributed by atoms with E-state index in [2.05, 4.69) is 25.9 Å². The van der Waals surface area contributed by atoms with Gasteiger partial charge in [0.1, 0.15) is 5.69 Å². The van der Waals surface area contributed by atoms with Crippen molar-refractivity contribution in [1.82, 2.24) is 15.3 Å². The number of anilines is 4. The van der Waals surface area contributed by atoms with Gasteiger partial charge in [-0.3, -0.25) is 14.6 Å². The van der Waals surface area contributed by atoms with Gasteiger partial charge in [0, 0.05) is 37.4 Å². The smallest absolute Gasteiger partial charge is 0.550 e. The minimum absolute atomic E-state index is 0. The number of nitrogens with two attached hydrogens (primary N) is 1. The van der Waals surface area contributed by atoms with Gasteiger partial charge in [-0.25, -0.2) is 0 Å². The van der Waals surface area contributed by atoms with Crippen LogP contribution in [-0.4, -0.2) is 97.8 Å². The Kier molecular flexibility index (Phi) is 9.53. The molecule has 2 heterocycles. The van der Waals surface area contributed by atoms with Crippen LogP contribution in [0.3, 0.4) is 0 Å². The third kappa shape index (κ3) is 6.74. The summed E-state index contributed by atoms with van der Waals surface area (Å²) in [6.07, 6.45) is -0.862. The summed E-state index contributed by atoms with van der Waals surface area (Å²) in [7, 11) is 1.78. The average Bonchev–Trinajstić information content (AvgIpc) is 2.75. The van der Waals surface area contributed by atoms with Crippen LogP contribution in [0, 0.1) is 0 Å². The Bertz CT molecular complexity index is 1110. The van der Waals surface area contributed by atoms with Crippen LogP contribution in [0.25, 0.3) is 0 Å². The molecule has 0 bridgehead atoms. The number of rotatable bonds is 9. The predicted molar refractivity (Wildman–Crippen MR) is 121 cm³/mol. The van der Waals surface area contributed by atoms with Crippen LogP contribution in [0.15, 0.2) is 29.1 Å². The van der Waals surface area contributed by atoms with Crippen molar-refractivity contribution in [3.63, 3.8) is 0 Å². The number of likely N-dealkylation sites (N-methyl/N-ethyl adjacent to an activating group) is 1. The zero-order chi connectivity index (χ0) is 24.1. The molecule has 0 aliphatic carbocycles. The van der Waals surface area contributed by atoms with E-state index in [1.807, 2.05) is 0 Å². The first kappa shape index (κ1) is 27.2. The summed E-state index contributed by atoms with van der Waals surface area (Å²) in [5.74, 6) is -3.22. The molecule has 176 valence electrons. The number of H-pyrrole nitrogens is 1. The monoisotopic (exact) mass is 502 g/mol. The van der Waals surface area contributed by atoms with Crippen LogP contribution in [0.2, 0.25) is 0 Å². The Morgan fingerprint density at radius 2 is 1.94 bits per heavy atom. The number of nitrogens with zero attached hydrogens (tertiary/aromatic N) is 2. The number of fused-ring (bicyclic) bond motifs is 1. The quantitative estimate of drug-likeness (QED) is 0.169. The number of carboxylic acids is 2. The van der Waals surface area contributed by atoms with E-state index in [4.69, 9.17) is 5.73 Å². The fourth-order valence-corrected chi connectivity index (χ4v) is 3.41. The Morgan fingerprint density at radius 1 is 1.26 bits per heavy atom. The van der Waals surface area contributed by atoms with E-state index in [9.17, 15) is 29.4 Å². The number of hydrogen-bond acceptors (Lipinski definition) is 11. The minimum atomic E-state index is -1.58. The van der Waals surface area contributed by atoms with Crippen LogP contribution in [0.1, 0.15) is 23.2 Å². The van der Waals surface area contributed by atoms with Gasteiger partial charge in [-0.15, -0.1) is 0 Å². The molecule has 1 aromatic carbocycles. The van der Waals surface area contributed by atoms with Gasteiger partial charge in [0.2, 0.25) is 5.95 Å². The van der Waals surface area contributed by atoms with Gasteiger partial charge >= 0.3 is 37.7 Å². The van der Waals surface area contributed by atoms with E-state index < -0.39 is 30.3 Å². The maximum absolute atomic E-state index is 12.3. The van der Waals surface area contributed by atoms with Gasteiger partial charge < -0.3 is 46.4 Å². The van der Waals surface area contributed by atoms with Crippen molar-refractivity contribution in [3.8, 4) is 0 Å². The molecule has 1 aliphatic heterocycles. The number of aliphatic carboxylic acids is 2. The number of amides is 1. The number of nitrogen functional groups attached to an aromatic ring is 1. The van der Waals surface area contributed by atoms with E-state index in [0.29, 0.717) is 30.3 Å². The van der Waals surface area contributed by atoms with Gasteiger partial charge in [0.15, 0.2) is 5.82 Å². The van der Waals surface area contributed by atoms with Crippen molar-refractivity contribution in [3.05, 3.63) is 40.2 Å². The van der Waals surface area contributed by atoms with Gasteiger partial charge in [-0.1, -0.05) is 0 Å². The second-order valence-electron chi connectivity index (χ2n) is 7.51. The molecule has 1 aromatic heterocycles. The Labute approximate surface area is 224 Å². The van der Waals surface area contributed by atoms with Gasteiger partial charge in [-0.2, -0.15) is 4.98 Å². The summed E-state index contributed by atoms with van der Waals surface area (Å²) in [6.45, 7) is 0.984. The number of carboxylic acid groups (broad SMARTS) is 2. The number of carbonyl (C=O) groups excluding carboxylic acids is 3. The Hall–Kier alpha value is -3.03. The molecule has 1 amide bonds. The first-order valence-electron chi connectivity index (χ1n) is 10.1. The van der Waals surface area contributed by atoms with E-state index >= 15 is 0 Å². The molecule has 6 N–H and O–H groups in total. The molecule has 0 fully saturated rings. The van der Waals surface area contributed by atoms with Crippen molar-refractivity contribution in [2.75, 3.05) is 41.4 Å². The number of hydrogen-bond donors (Lipinski definition) is 5. The van der Waals surface area contributed by atoms with Gasteiger partial charge in [0.05, 0.1) is 18.1 Å². The summed E-state index contributed by atoms with van der Waals surface area (Å²) in [6, 6.07) is 4.75. The molecule has 1 aliphatic rings. The van der Waals surface area contributed by atoms with Crippen LogP contribution < -0.4 is 42.4 Å². The van der Waals surface area contributed by atoms with Crippen molar-refractivity contribution in [2.24, 2.45) is 0 Å². The van der Waals surface area contributed by atoms with Crippen LogP contribution in [0.5, 0.6) is 0 Å². The van der Waals surface area contributed by atoms with Crippen LogP contribution in [-0.2, 0) is 9.59 Å². The second-order valence-corrected chi connectivity index (χ2v) is 7.51. The molecule has 0 radical (unpaired) electrons. The third-order valence-electron chi connectivity index (χ3n) is 5.23. The van der Waals surface area contributed by atoms with Crippen LogP contribution >= 0.6 is 0 Å². The minimum Gasteiger partial charge on any atom is -0.550 e. The third-order valence-corrected chi connectivity index (χ3v) is 5.23. The number of carbonyl (C=O) groups is 3. The molecular formula is C20H23CaN7O6. The SMILES string of the molecule is CN1c2c(nc(N)[nH]c2=O)NCC1CNc1ccc(C(=O)N[13C@@H]([13CH2][13CH2][13C](=O)[O-])[13C](=O)[O-])cc1.[Ca+2]. The first-order valence-corrected chi connectivity index (χ1v) is 10.1. The van der Waals surface area contributed by atoms with Crippen molar-refractivity contribution >= 4 is 78.7 Å². The van der Waals surface area contributed by atoms with E-state index in [0.717, 1.165) is 0 Å². The zero-order valence-corrected chi connectivity index (χ0v) is 20.6. The number of aromatic nitrogens is 2.